The largest absolute Gasteiger partial charge is 0.495 e. The Labute approximate surface area is 158 Å². The van der Waals surface area contributed by atoms with Crippen LogP contribution in [0.25, 0.3) is 0 Å². The summed E-state index contributed by atoms with van der Waals surface area (Å²) in [4.78, 5) is 24.9. The molecule has 0 bridgehead atoms. The van der Waals surface area contributed by atoms with Gasteiger partial charge in [-0.1, -0.05) is 19.1 Å². The number of hydrogen-bond acceptors (Lipinski definition) is 5. The summed E-state index contributed by atoms with van der Waals surface area (Å²) in [6.07, 6.45) is 0. The zero-order valence-corrected chi connectivity index (χ0v) is 16.0. The zero-order chi connectivity index (χ0) is 19.8. The van der Waals surface area contributed by atoms with Crippen LogP contribution in [0.2, 0.25) is 0 Å². The smallest absolute Gasteiger partial charge is 0.255 e. The summed E-state index contributed by atoms with van der Waals surface area (Å²) in [6, 6.07) is 11.4. The van der Waals surface area contributed by atoms with E-state index < -0.39 is 27.8 Å². The second-order valence-corrected chi connectivity index (χ2v) is 8.35. The molecular weight excluding hydrogens is 368 g/mol. The summed E-state index contributed by atoms with van der Waals surface area (Å²) in [5.41, 5.74) is 1.85. The molecule has 1 heterocycles. The van der Waals surface area contributed by atoms with Crippen LogP contribution >= 0.6 is 0 Å². The van der Waals surface area contributed by atoms with Crippen LogP contribution in [-0.4, -0.2) is 33.1 Å². The zero-order valence-electron chi connectivity index (χ0n) is 15.2. The number of rotatable bonds is 4. The Morgan fingerprint density at radius 1 is 1.22 bits per heavy atom. The molecular formula is C19H20N2O5S. The SMILES string of the molecule is COc1ccc(C)cc1NC(=O)c1cccc(N2C(=O)C(C)CS2(=O)=O)c1. The first-order chi connectivity index (χ1) is 12.7. The molecule has 7 nitrogen and oxygen atoms in total. The number of carbonyl (C=O) groups excluding carboxylic acids is 2. The molecule has 1 saturated heterocycles. The molecule has 2 aromatic rings. The van der Waals surface area contributed by atoms with E-state index >= 15 is 0 Å². The predicted octanol–water partition coefficient (Wildman–Crippen LogP) is 2.57. The van der Waals surface area contributed by atoms with Crippen LogP contribution in [0.3, 0.4) is 0 Å². The molecule has 0 saturated carbocycles. The lowest BCUT2D eigenvalue weighted by molar-refractivity contribution is -0.119. The second-order valence-electron chi connectivity index (χ2n) is 6.49. The molecule has 2 aromatic carbocycles. The van der Waals surface area contributed by atoms with E-state index in [0.717, 1.165) is 9.87 Å². The molecule has 27 heavy (non-hydrogen) atoms. The molecule has 8 heteroatoms. The van der Waals surface area contributed by atoms with Crippen LogP contribution in [0.5, 0.6) is 5.75 Å². The van der Waals surface area contributed by atoms with Gasteiger partial charge in [-0.15, -0.1) is 0 Å². The molecule has 1 aliphatic rings. The van der Waals surface area contributed by atoms with Crippen molar-refractivity contribution >= 4 is 33.2 Å². The fraction of sp³-hybridized carbons (Fsp3) is 0.263. The number of nitrogens with one attached hydrogen (secondary N) is 1. The lowest BCUT2D eigenvalue weighted by Gasteiger charge is -2.16. The number of sulfonamides is 1. The van der Waals surface area contributed by atoms with Gasteiger partial charge in [-0.25, -0.2) is 12.7 Å². The van der Waals surface area contributed by atoms with Crippen molar-refractivity contribution in [1.29, 1.82) is 0 Å². The Hall–Kier alpha value is -2.87. The molecule has 2 amide bonds. The van der Waals surface area contributed by atoms with Crippen molar-refractivity contribution in [2.75, 3.05) is 22.5 Å². The summed E-state index contributed by atoms with van der Waals surface area (Å²) < 4.78 is 30.6. The minimum absolute atomic E-state index is 0.160. The lowest BCUT2D eigenvalue weighted by Crippen LogP contribution is -2.30. The van der Waals surface area contributed by atoms with Crippen LogP contribution in [0.4, 0.5) is 11.4 Å². The average molecular weight is 388 g/mol. The van der Waals surface area contributed by atoms with Gasteiger partial charge in [0.05, 0.1) is 30.2 Å². The topological polar surface area (TPSA) is 92.8 Å². The Balaban J connectivity index is 1.91. The van der Waals surface area contributed by atoms with E-state index in [-0.39, 0.29) is 17.0 Å². The van der Waals surface area contributed by atoms with Crippen molar-refractivity contribution in [3.63, 3.8) is 0 Å². The van der Waals surface area contributed by atoms with Gasteiger partial charge in [0.15, 0.2) is 0 Å². The van der Waals surface area contributed by atoms with Crippen molar-refractivity contribution in [2.24, 2.45) is 5.92 Å². The number of aryl methyl sites for hydroxylation is 1. The number of benzene rings is 2. The molecule has 1 N–H and O–H groups in total. The van der Waals surface area contributed by atoms with Gasteiger partial charge in [-0.3, -0.25) is 9.59 Å². The molecule has 0 spiro atoms. The van der Waals surface area contributed by atoms with Gasteiger partial charge in [0.2, 0.25) is 15.9 Å². The number of hydrogen-bond donors (Lipinski definition) is 1. The molecule has 1 atom stereocenters. The van der Waals surface area contributed by atoms with E-state index in [1.807, 2.05) is 13.0 Å². The van der Waals surface area contributed by atoms with Crippen LogP contribution in [0.1, 0.15) is 22.8 Å². The highest BCUT2D eigenvalue weighted by Gasteiger charge is 2.42. The third-order valence-corrected chi connectivity index (χ3v) is 6.17. The van der Waals surface area contributed by atoms with Crippen LogP contribution in [-0.2, 0) is 14.8 Å². The van der Waals surface area contributed by atoms with E-state index in [2.05, 4.69) is 5.32 Å². The molecule has 0 aliphatic carbocycles. The maximum absolute atomic E-state index is 12.6. The summed E-state index contributed by atoms with van der Waals surface area (Å²) in [5.74, 6) is -1.26. The Morgan fingerprint density at radius 3 is 2.59 bits per heavy atom. The van der Waals surface area contributed by atoms with E-state index in [0.29, 0.717) is 11.4 Å². The van der Waals surface area contributed by atoms with Crippen molar-refractivity contribution in [3.05, 3.63) is 53.6 Å². The van der Waals surface area contributed by atoms with E-state index in [4.69, 9.17) is 4.74 Å². The first kappa shape index (κ1) is 18.9. The van der Waals surface area contributed by atoms with Crippen molar-refractivity contribution in [1.82, 2.24) is 0 Å². The third kappa shape index (κ3) is 3.66. The number of ether oxygens (including phenoxy) is 1. The predicted molar refractivity (Wildman–Crippen MR) is 103 cm³/mol. The maximum Gasteiger partial charge on any atom is 0.255 e. The van der Waals surface area contributed by atoms with Crippen LogP contribution in [0.15, 0.2) is 42.5 Å². The van der Waals surface area contributed by atoms with Gasteiger partial charge in [0, 0.05) is 5.56 Å². The van der Waals surface area contributed by atoms with Gasteiger partial charge < -0.3 is 10.1 Å². The highest BCUT2D eigenvalue weighted by molar-refractivity contribution is 7.94. The second kappa shape index (κ2) is 7.03. The molecule has 0 aromatic heterocycles. The molecule has 1 fully saturated rings. The number of nitrogens with zero attached hydrogens (tertiary/aromatic N) is 1. The summed E-state index contributed by atoms with van der Waals surface area (Å²) in [5, 5.41) is 2.76. The Bertz CT molecular complexity index is 1020. The van der Waals surface area contributed by atoms with Crippen LogP contribution < -0.4 is 14.4 Å². The normalized spacial score (nSPS) is 18.4. The van der Waals surface area contributed by atoms with E-state index in [1.165, 1.54) is 19.2 Å². The number of anilines is 2. The first-order valence-electron chi connectivity index (χ1n) is 8.36. The number of carbonyl (C=O) groups is 2. The van der Waals surface area contributed by atoms with Crippen molar-refractivity contribution in [2.45, 2.75) is 13.8 Å². The third-order valence-electron chi connectivity index (χ3n) is 4.31. The molecule has 1 unspecified atom stereocenters. The molecule has 1 aliphatic heterocycles. The van der Waals surface area contributed by atoms with Crippen LogP contribution in [0, 0.1) is 12.8 Å². The molecule has 142 valence electrons. The fourth-order valence-corrected chi connectivity index (χ4v) is 4.79. The monoisotopic (exact) mass is 388 g/mol. The first-order valence-corrected chi connectivity index (χ1v) is 9.97. The number of methoxy groups -OCH3 is 1. The van der Waals surface area contributed by atoms with E-state index in [9.17, 15) is 18.0 Å². The van der Waals surface area contributed by atoms with Crippen molar-refractivity contribution in [3.8, 4) is 5.75 Å². The molecule has 3 rings (SSSR count). The van der Waals surface area contributed by atoms with Gasteiger partial charge in [-0.05, 0) is 42.8 Å². The highest BCUT2D eigenvalue weighted by atomic mass is 32.2. The quantitative estimate of drug-likeness (QED) is 0.869. The summed E-state index contributed by atoms with van der Waals surface area (Å²) in [7, 11) is -2.22. The maximum atomic E-state index is 12.6. The van der Waals surface area contributed by atoms with Gasteiger partial charge in [-0.2, -0.15) is 0 Å². The fourth-order valence-electron chi connectivity index (χ4n) is 2.97. The molecule has 0 radical (unpaired) electrons. The summed E-state index contributed by atoms with van der Waals surface area (Å²) >= 11 is 0. The van der Waals surface area contributed by atoms with Gasteiger partial charge >= 0.3 is 0 Å². The minimum atomic E-state index is -3.72. The van der Waals surface area contributed by atoms with Gasteiger partial charge in [0.1, 0.15) is 5.75 Å². The Morgan fingerprint density at radius 2 is 1.96 bits per heavy atom. The highest BCUT2D eigenvalue weighted by Crippen LogP contribution is 2.30. The lowest BCUT2D eigenvalue weighted by atomic mass is 10.1. The standard InChI is InChI=1S/C19H20N2O5S/c1-12-7-8-17(26-3)16(9-12)20-18(22)14-5-4-6-15(10-14)21-19(23)13(2)11-27(21,24)25/h4-10,13H,11H2,1-3H3,(H,20,22). The Kier molecular flexibility index (Phi) is 4.93. The van der Waals surface area contributed by atoms with E-state index in [1.54, 1.807) is 31.2 Å². The minimum Gasteiger partial charge on any atom is -0.495 e. The van der Waals surface area contributed by atoms with Gasteiger partial charge in [0.25, 0.3) is 5.91 Å². The average Bonchev–Trinajstić information content (AvgIpc) is 2.82. The summed E-state index contributed by atoms with van der Waals surface area (Å²) in [6.45, 7) is 3.46. The number of amides is 2. The van der Waals surface area contributed by atoms with Crippen molar-refractivity contribution < 1.29 is 22.7 Å².